The molecule has 124 valence electrons. The van der Waals surface area contributed by atoms with Crippen molar-refractivity contribution < 1.29 is 9.59 Å². The van der Waals surface area contributed by atoms with Crippen molar-refractivity contribution in [3.05, 3.63) is 70.8 Å². The summed E-state index contributed by atoms with van der Waals surface area (Å²) in [5.41, 5.74) is 11.0. The highest BCUT2D eigenvalue weighted by Gasteiger charge is 2.17. The Morgan fingerprint density at radius 3 is 2.00 bits per heavy atom. The van der Waals surface area contributed by atoms with Gasteiger partial charge in [-0.25, -0.2) is 0 Å². The smallest absolute Gasteiger partial charge is 0.255 e. The molecule has 4 heteroatoms. The van der Waals surface area contributed by atoms with Gasteiger partial charge in [-0.1, -0.05) is 12.1 Å². The summed E-state index contributed by atoms with van der Waals surface area (Å²) in [6.45, 7) is 7.99. The third-order valence-electron chi connectivity index (χ3n) is 3.82. The van der Waals surface area contributed by atoms with E-state index in [1.165, 1.54) is 6.08 Å². The molecule has 4 nitrogen and oxygen atoms in total. The molecule has 24 heavy (non-hydrogen) atoms. The summed E-state index contributed by atoms with van der Waals surface area (Å²) in [4.78, 5) is 25.3. The van der Waals surface area contributed by atoms with Gasteiger partial charge in [-0.05, 0) is 74.2 Å². The number of nitrogens with two attached hydrogens (primary N) is 1. The van der Waals surface area contributed by atoms with Crippen LogP contribution in [-0.2, 0) is 9.59 Å². The summed E-state index contributed by atoms with van der Waals surface area (Å²) in [5.74, 6) is -0.967. The molecule has 2 N–H and O–H groups in total. The second kappa shape index (κ2) is 7.13. The predicted molar refractivity (Wildman–Crippen MR) is 97.3 cm³/mol. The largest absolute Gasteiger partial charge is 0.366 e. The lowest BCUT2D eigenvalue weighted by Gasteiger charge is -2.23. The summed E-state index contributed by atoms with van der Waals surface area (Å²) >= 11 is 0. The van der Waals surface area contributed by atoms with E-state index >= 15 is 0 Å². The Morgan fingerprint density at radius 2 is 1.46 bits per heavy atom. The highest BCUT2D eigenvalue weighted by atomic mass is 16.2. The molecule has 0 unspecified atom stereocenters. The average molecular weight is 322 g/mol. The van der Waals surface area contributed by atoms with E-state index in [-0.39, 0.29) is 5.91 Å². The minimum Gasteiger partial charge on any atom is -0.366 e. The summed E-state index contributed by atoms with van der Waals surface area (Å²) in [5, 5.41) is 0. The van der Waals surface area contributed by atoms with E-state index < -0.39 is 5.91 Å². The van der Waals surface area contributed by atoms with Crippen LogP contribution >= 0.6 is 0 Å². The van der Waals surface area contributed by atoms with E-state index in [0.29, 0.717) is 0 Å². The van der Waals surface area contributed by atoms with Gasteiger partial charge in [0.1, 0.15) is 0 Å². The van der Waals surface area contributed by atoms with Crippen LogP contribution in [0.25, 0.3) is 0 Å². The van der Waals surface area contributed by atoms with Crippen LogP contribution in [0, 0.1) is 27.7 Å². The monoisotopic (exact) mass is 322 g/mol. The number of benzene rings is 2. The van der Waals surface area contributed by atoms with Crippen molar-refractivity contribution in [1.29, 1.82) is 0 Å². The molecule has 2 rings (SSSR count). The SMILES string of the molecule is Cc1cc(C)cc(N(C(=O)/C=C\C(N)=O)c2ccc(C)c(C)c2)c1. The zero-order valence-corrected chi connectivity index (χ0v) is 14.5. The molecule has 2 aromatic carbocycles. The summed E-state index contributed by atoms with van der Waals surface area (Å²) in [6, 6.07) is 11.8. The number of anilines is 2. The minimum absolute atomic E-state index is 0.318. The number of carbonyl (C=O) groups is 2. The van der Waals surface area contributed by atoms with E-state index in [2.05, 4.69) is 0 Å². The molecule has 0 bridgehead atoms. The van der Waals surface area contributed by atoms with Crippen LogP contribution in [0.2, 0.25) is 0 Å². The van der Waals surface area contributed by atoms with Gasteiger partial charge in [0.05, 0.1) is 0 Å². The van der Waals surface area contributed by atoms with E-state index in [4.69, 9.17) is 5.73 Å². The highest BCUT2D eigenvalue weighted by Crippen LogP contribution is 2.29. The Hall–Kier alpha value is -2.88. The highest BCUT2D eigenvalue weighted by molar-refractivity contribution is 6.09. The van der Waals surface area contributed by atoms with Gasteiger partial charge in [0.2, 0.25) is 5.91 Å². The zero-order valence-electron chi connectivity index (χ0n) is 14.5. The number of hydrogen-bond donors (Lipinski definition) is 1. The molecule has 0 aliphatic carbocycles. The first-order chi connectivity index (χ1) is 11.3. The van der Waals surface area contributed by atoms with E-state index in [1.54, 1.807) is 4.90 Å². The first kappa shape index (κ1) is 17.5. The minimum atomic E-state index is -0.649. The standard InChI is InChI=1S/C20H22N2O2/c1-13-9-14(2)11-18(10-13)22(20(24)8-7-19(21)23)17-6-5-15(3)16(4)12-17/h5-12H,1-4H3,(H2,21,23)/b8-7-. The molecular weight excluding hydrogens is 300 g/mol. The van der Waals surface area contributed by atoms with E-state index in [1.807, 2.05) is 64.1 Å². The van der Waals surface area contributed by atoms with Crippen molar-refractivity contribution in [2.75, 3.05) is 4.90 Å². The second-order valence-electron chi connectivity index (χ2n) is 6.02. The van der Waals surface area contributed by atoms with Crippen LogP contribution in [0.5, 0.6) is 0 Å². The lowest BCUT2D eigenvalue weighted by Crippen LogP contribution is -2.24. The van der Waals surface area contributed by atoms with Gasteiger partial charge >= 0.3 is 0 Å². The lowest BCUT2D eigenvalue weighted by atomic mass is 10.1. The quantitative estimate of drug-likeness (QED) is 0.874. The van der Waals surface area contributed by atoms with Crippen molar-refractivity contribution in [1.82, 2.24) is 0 Å². The second-order valence-corrected chi connectivity index (χ2v) is 6.02. The topological polar surface area (TPSA) is 63.4 Å². The van der Waals surface area contributed by atoms with Gasteiger partial charge in [0.15, 0.2) is 0 Å². The fourth-order valence-electron chi connectivity index (χ4n) is 2.58. The Balaban J connectivity index is 2.57. The Labute approximate surface area is 142 Å². The van der Waals surface area contributed by atoms with Crippen molar-refractivity contribution in [3.8, 4) is 0 Å². The van der Waals surface area contributed by atoms with Gasteiger partial charge in [-0.3, -0.25) is 14.5 Å². The van der Waals surface area contributed by atoms with Gasteiger partial charge in [0, 0.05) is 23.5 Å². The van der Waals surface area contributed by atoms with Gasteiger partial charge in [-0.15, -0.1) is 0 Å². The number of aryl methyl sites for hydroxylation is 4. The Kier molecular flexibility index (Phi) is 5.19. The van der Waals surface area contributed by atoms with Crippen LogP contribution < -0.4 is 10.6 Å². The fraction of sp³-hybridized carbons (Fsp3) is 0.200. The maximum absolute atomic E-state index is 12.7. The molecule has 2 aromatic rings. The Bertz CT molecular complexity index is 802. The van der Waals surface area contributed by atoms with Crippen molar-refractivity contribution in [3.63, 3.8) is 0 Å². The number of rotatable bonds is 4. The van der Waals surface area contributed by atoms with Gasteiger partial charge in [-0.2, -0.15) is 0 Å². The maximum Gasteiger partial charge on any atom is 0.255 e. The van der Waals surface area contributed by atoms with Crippen molar-refractivity contribution in [2.24, 2.45) is 5.73 Å². The average Bonchev–Trinajstić information content (AvgIpc) is 2.48. The summed E-state index contributed by atoms with van der Waals surface area (Å²) in [7, 11) is 0. The van der Waals surface area contributed by atoms with E-state index in [0.717, 1.165) is 39.7 Å². The normalized spacial score (nSPS) is 10.8. The zero-order chi connectivity index (χ0) is 17.9. The van der Waals surface area contributed by atoms with Crippen LogP contribution in [0.4, 0.5) is 11.4 Å². The number of hydrogen-bond acceptors (Lipinski definition) is 2. The fourth-order valence-corrected chi connectivity index (χ4v) is 2.58. The van der Waals surface area contributed by atoms with Crippen LogP contribution in [0.3, 0.4) is 0 Å². The number of amides is 2. The lowest BCUT2D eigenvalue weighted by molar-refractivity contribution is -0.115. The molecule has 0 radical (unpaired) electrons. The molecule has 0 aliphatic rings. The molecule has 0 saturated heterocycles. The predicted octanol–water partition coefficient (Wildman–Crippen LogP) is 3.63. The van der Waals surface area contributed by atoms with Gasteiger partial charge in [0.25, 0.3) is 5.91 Å². The number of nitrogens with zero attached hydrogens (tertiary/aromatic N) is 1. The maximum atomic E-state index is 12.7. The summed E-state index contributed by atoms with van der Waals surface area (Å²) in [6.07, 6.45) is 2.29. The van der Waals surface area contributed by atoms with Crippen LogP contribution in [0.15, 0.2) is 48.6 Å². The molecule has 0 saturated carbocycles. The third kappa shape index (κ3) is 4.10. The summed E-state index contributed by atoms with van der Waals surface area (Å²) < 4.78 is 0. The van der Waals surface area contributed by atoms with Gasteiger partial charge < -0.3 is 5.73 Å². The van der Waals surface area contributed by atoms with Crippen LogP contribution in [0.1, 0.15) is 22.3 Å². The molecular formula is C20H22N2O2. The number of primary amides is 1. The molecule has 0 heterocycles. The third-order valence-corrected chi connectivity index (χ3v) is 3.82. The molecule has 2 amide bonds. The molecule has 0 fully saturated rings. The Morgan fingerprint density at radius 1 is 0.833 bits per heavy atom. The molecule has 0 atom stereocenters. The van der Waals surface area contributed by atoms with E-state index in [9.17, 15) is 9.59 Å². The molecule has 0 spiro atoms. The number of carbonyl (C=O) groups excluding carboxylic acids is 2. The van der Waals surface area contributed by atoms with Crippen LogP contribution in [-0.4, -0.2) is 11.8 Å². The van der Waals surface area contributed by atoms with Crippen molar-refractivity contribution >= 4 is 23.2 Å². The molecule has 0 aromatic heterocycles. The first-order valence-corrected chi connectivity index (χ1v) is 7.75. The molecule has 0 aliphatic heterocycles. The van der Waals surface area contributed by atoms with Crippen molar-refractivity contribution in [2.45, 2.75) is 27.7 Å². The first-order valence-electron chi connectivity index (χ1n) is 7.75.